The highest BCUT2D eigenvalue weighted by molar-refractivity contribution is 5.82. The fourth-order valence-corrected chi connectivity index (χ4v) is 2.54. The zero-order valence-corrected chi connectivity index (χ0v) is 16.0. The Kier molecular flexibility index (Phi) is 6.09. The molecule has 23 heavy (non-hydrogen) atoms. The molecule has 4 nitrogen and oxygen atoms in total. The lowest BCUT2D eigenvalue weighted by atomic mass is 9.92. The van der Waals surface area contributed by atoms with Crippen molar-refractivity contribution in [3.63, 3.8) is 0 Å². The van der Waals surface area contributed by atoms with E-state index in [2.05, 4.69) is 25.7 Å². The van der Waals surface area contributed by atoms with Gasteiger partial charge in [-0.2, -0.15) is 0 Å². The highest BCUT2D eigenvalue weighted by Crippen LogP contribution is 2.28. The molecule has 0 aliphatic rings. The molecular weight excluding hydrogens is 286 g/mol. The van der Waals surface area contributed by atoms with Crippen molar-refractivity contribution in [3.8, 4) is 0 Å². The zero-order chi connectivity index (χ0) is 17.9. The number of nitrogens with zero attached hydrogens (tertiary/aromatic N) is 2. The van der Waals surface area contributed by atoms with Crippen LogP contribution in [-0.2, 0) is 11.3 Å². The summed E-state index contributed by atoms with van der Waals surface area (Å²) in [6.45, 7) is 12.9. The molecule has 130 valence electrons. The second kappa shape index (κ2) is 7.24. The first-order chi connectivity index (χ1) is 10.4. The number of rotatable bonds is 5. The molecule has 0 aliphatic heterocycles. The molecule has 4 heteroatoms. The third-order valence-corrected chi connectivity index (χ3v) is 4.28. The van der Waals surface area contributed by atoms with Crippen molar-refractivity contribution in [1.82, 2.24) is 4.90 Å². The van der Waals surface area contributed by atoms with E-state index in [9.17, 15) is 4.79 Å². The van der Waals surface area contributed by atoms with Crippen LogP contribution in [0.1, 0.15) is 47.1 Å². The van der Waals surface area contributed by atoms with Gasteiger partial charge in [-0.3, -0.25) is 4.79 Å². The van der Waals surface area contributed by atoms with Crippen LogP contribution < -0.4 is 10.6 Å². The van der Waals surface area contributed by atoms with Crippen molar-refractivity contribution in [2.24, 2.45) is 11.3 Å². The maximum atomic E-state index is 13.0. The van der Waals surface area contributed by atoms with E-state index in [1.165, 1.54) is 0 Å². The number of nitrogen functional groups attached to an aromatic ring is 1. The Morgan fingerprint density at radius 2 is 1.74 bits per heavy atom. The van der Waals surface area contributed by atoms with Gasteiger partial charge in [0.1, 0.15) is 0 Å². The number of anilines is 2. The van der Waals surface area contributed by atoms with E-state index >= 15 is 0 Å². The van der Waals surface area contributed by atoms with Gasteiger partial charge in [0.15, 0.2) is 0 Å². The highest BCUT2D eigenvalue weighted by atomic mass is 16.2. The van der Waals surface area contributed by atoms with Crippen molar-refractivity contribution >= 4 is 17.3 Å². The Bertz CT molecular complexity index is 544. The van der Waals surface area contributed by atoms with E-state index in [1.807, 2.05) is 58.0 Å². The molecular formula is C19H33N3O. The predicted octanol–water partition coefficient (Wildman–Crippen LogP) is 3.75. The van der Waals surface area contributed by atoms with Crippen LogP contribution in [0.3, 0.4) is 0 Å². The van der Waals surface area contributed by atoms with Gasteiger partial charge in [0, 0.05) is 43.5 Å². The van der Waals surface area contributed by atoms with E-state index in [-0.39, 0.29) is 11.9 Å². The summed E-state index contributed by atoms with van der Waals surface area (Å²) in [6, 6.07) is 6.06. The zero-order valence-electron chi connectivity index (χ0n) is 16.0. The summed E-state index contributed by atoms with van der Waals surface area (Å²) in [5.41, 5.74) is 8.49. The van der Waals surface area contributed by atoms with Crippen molar-refractivity contribution in [1.29, 1.82) is 0 Å². The molecule has 0 spiro atoms. The number of benzene rings is 1. The van der Waals surface area contributed by atoms with Crippen LogP contribution in [-0.4, -0.2) is 30.9 Å². The van der Waals surface area contributed by atoms with Gasteiger partial charge in [-0.25, -0.2) is 0 Å². The number of hydrogen-bond acceptors (Lipinski definition) is 3. The van der Waals surface area contributed by atoms with E-state index in [1.54, 1.807) is 0 Å². The van der Waals surface area contributed by atoms with Crippen molar-refractivity contribution in [2.45, 2.75) is 54.1 Å². The van der Waals surface area contributed by atoms with Crippen LogP contribution in [0.15, 0.2) is 18.2 Å². The van der Waals surface area contributed by atoms with Crippen LogP contribution in [0.4, 0.5) is 11.4 Å². The van der Waals surface area contributed by atoms with Crippen LogP contribution in [0.2, 0.25) is 0 Å². The highest BCUT2D eigenvalue weighted by Gasteiger charge is 2.31. The Labute approximate surface area is 141 Å². The number of amides is 1. The maximum absolute atomic E-state index is 13.0. The second-order valence-electron chi connectivity index (χ2n) is 7.95. The average molecular weight is 319 g/mol. The lowest BCUT2D eigenvalue weighted by molar-refractivity contribution is -0.143. The Hall–Kier alpha value is -1.71. The molecule has 1 aromatic rings. The molecule has 0 saturated heterocycles. The summed E-state index contributed by atoms with van der Waals surface area (Å²) in [5, 5.41) is 0. The summed E-state index contributed by atoms with van der Waals surface area (Å²) < 4.78 is 0. The monoisotopic (exact) mass is 319 g/mol. The van der Waals surface area contributed by atoms with Crippen LogP contribution in [0, 0.1) is 11.3 Å². The second-order valence-corrected chi connectivity index (χ2v) is 7.95. The Morgan fingerprint density at radius 3 is 2.17 bits per heavy atom. The number of carbonyl (C=O) groups excluding carboxylic acids is 1. The minimum atomic E-state index is -0.401. The minimum Gasteiger partial charge on any atom is -0.399 e. The van der Waals surface area contributed by atoms with Crippen molar-refractivity contribution < 1.29 is 4.79 Å². The van der Waals surface area contributed by atoms with Gasteiger partial charge in [-0.05, 0) is 36.6 Å². The molecule has 1 rings (SSSR count). The quantitative estimate of drug-likeness (QED) is 0.841. The molecule has 0 heterocycles. The van der Waals surface area contributed by atoms with Crippen molar-refractivity contribution in [2.75, 3.05) is 24.7 Å². The standard InChI is InChI=1S/C19H33N3O/c1-13(2)14(3)22(18(23)19(4,5)6)12-15-11-16(20)9-10-17(15)21(7)8/h9-11,13-14H,12,20H2,1-8H3/t14-/m1/s1. The van der Waals surface area contributed by atoms with Gasteiger partial charge in [-0.1, -0.05) is 34.6 Å². The van der Waals surface area contributed by atoms with Crippen molar-refractivity contribution in [3.05, 3.63) is 23.8 Å². The molecule has 1 amide bonds. The first-order valence-electron chi connectivity index (χ1n) is 8.32. The average Bonchev–Trinajstić information content (AvgIpc) is 2.41. The summed E-state index contributed by atoms with van der Waals surface area (Å²) in [5.74, 6) is 0.566. The summed E-state index contributed by atoms with van der Waals surface area (Å²) in [6.07, 6.45) is 0. The Balaban J connectivity index is 3.26. The molecule has 0 fully saturated rings. The van der Waals surface area contributed by atoms with E-state index < -0.39 is 5.41 Å². The molecule has 0 unspecified atom stereocenters. The topological polar surface area (TPSA) is 49.6 Å². The third-order valence-electron chi connectivity index (χ3n) is 4.28. The van der Waals surface area contributed by atoms with E-state index in [4.69, 9.17) is 5.73 Å². The fraction of sp³-hybridized carbons (Fsp3) is 0.632. The SMILES string of the molecule is CC(C)[C@@H](C)N(Cc1cc(N)ccc1N(C)C)C(=O)C(C)(C)C. The molecule has 1 atom stereocenters. The van der Waals surface area contributed by atoms with Crippen LogP contribution >= 0.6 is 0 Å². The molecule has 1 aromatic carbocycles. The predicted molar refractivity (Wildman–Crippen MR) is 99.5 cm³/mol. The van der Waals surface area contributed by atoms with E-state index in [0.717, 1.165) is 16.9 Å². The normalized spacial score (nSPS) is 13.1. The smallest absolute Gasteiger partial charge is 0.228 e. The molecule has 0 bridgehead atoms. The van der Waals surface area contributed by atoms with E-state index in [0.29, 0.717) is 12.5 Å². The minimum absolute atomic E-state index is 0.165. The van der Waals surface area contributed by atoms with Gasteiger partial charge in [0.25, 0.3) is 0 Å². The third kappa shape index (κ3) is 4.88. The van der Waals surface area contributed by atoms with Gasteiger partial charge < -0.3 is 15.5 Å². The van der Waals surface area contributed by atoms with Crippen LogP contribution in [0.25, 0.3) is 0 Å². The van der Waals surface area contributed by atoms with Gasteiger partial charge in [0.05, 0.1) is 0 Å². The maximum Gasteiger partial charge on any atom is 0.228 e. The summed E-state index contributed by atoms with van der Waals surface area (Å²) in [7, 11) is 4.02. The summed E-state index contributed by atoms with van der Waals surface area (Å²) >= 11 is 0. The fourth-order valence-electron chi connectivity index (χ4n) is 2.54. The lowest BCUT2D eigenvalue weighted by Gasteiger charge is -2.37. The molecule has 0 aromatic heterocycles. The Morgan fingerprint density at radius 1 is 1.17 bits per heavy atom. The first kappa shape index (κ1) is 19.3. The number of nitrogens with two attached hydrogens (primary N) is 1. The molecule has 0 radical (unpaired) electrons. The molecule has 0 saturated carbocycles. The largest absolute Gasteiger partial charge is 0.399 e. The lowest BCUT2D eigenvalue weighted by Crippen LogP contribution is -2.46. The number of hydrogen-bond donors (Lipinski definition) is 1. The van der Waals surface area contributed by atoms with Gasteiger partial charge in [-0.15, -0.1) is 0 Å². The molecule has 2 N–H and O–H groups in total. The van der Waals surface area contributed by atoms with Crippen LogP contribution in [0.5, 0.6) is 0 Å². The first-order valence-corrected chi connectivity index (χ1v) is 8.32. The van der Waals surface area contributed by atoms with Gasteiger partial charge in [0.2, 0.25) is 5.91 Å². The van der Waals surface area contributed by atoms with Gasteiger partial charge >= 0.3 is 0 Å². The number of carbonyl (C=O) groups is 1. The molecule has 0 aliphatic carbocycles. The summed E-state index contributed by atoms with van der Waals surface area (Å²) in [4.78, 5) is 17.0.